The molecule has 0 saturated heterocycles. The molecule has 3 N–H and O–H groups in total. The second kappa shape index (κ2) is 6.58. The van der Waals surface area contributed by atoms with Gasteiger partial charge >= 0.3 is 11.7 Å². The quantitative estimate of drug-likeness (QED) is 0.674. The first-order chi connectivity index (χ1) is 12.7. The summed E-state index contributed by atoms with van der Waals surface area (Å²) in [6.07, 6.45) is 1.57. The molecule has 1 aromatic carbocycles. The summed E-state index contributed by atoms with van der Waals surface area (Å²) in [5.74, 6) is 1.48. The summed E-state index contributed by atoms with van der Waals surface area (Å²) in [6, 6.07) is 5.74. The van der Waals surface area contributed by atoms with Gasteiger partial charge in [0.1, 0.15) is 5.52 Å². The molecule has 0 unspecified atom stereocenters. The van der Waals surface area contributed by atoms with E-state index in [2.05, 4.69) is 15.0 Å². The fourth-order valence-corrected chi connectivity index (χ4v) is 2.91. The van der Waals surface area contributed by atoms with Gasteiger partial charge in [0, 0.05) is 0 Å². The highest BCUT2D eigenvalue weighted by atomic mass is 16.5. The van der Waals surface area contributed by atoms with E-state index >= 15 is 0 Å². The molecular formula is C17H19N5O4. The van der Waals surface area contributed by atoms with Gasteiger partial charge in [0.05, 0.1) is 26.9 Å². The number of benzene rings is 1. The molecule has 2 aromatic heterocycles. The zero-order chi connectivity index (χ0) is 18.1. The fraction of sp³-hybridized carbons (Fsp3) is 0.353. The van der Waals surface area contributed by atoms with Crippen LogP contribution in [0.5, 0.6) is 17.5 Å². The number of hydrogen-bond donors (Lipinski definition) is 2. The summed E-state index contributed by atoms with van der Waals surface area (Å²) in [6.45, 7) is 1.26. The van der Waals surface area contributed by atoms with Gasteiger partial charge in [-0.3, -0.25) is 4.57 Å². The lowest BCUT2D eigenvalue weighted by atomic mass is 10.2. The van der Waals surface area contributed by atoms with Crippen molar-refractivity contribution >= 4 is 17.0 Å². The Hall–Kier alpha value is -3.23. The van der Waals surface area contributed by atoms with Crippen LogP contribution in [-0.4, -0.2) is 39.8 Å². The Morgan fingerprint density at radius 3 is 2.85 bits per heavy atom. The van der Waals surface area contributed by atoms with Gasteiger partial charge in [0.15, 0.2) is 23.0 Å². The number of nitrogens with zero attached hydrogens (tertiary/aromatic N) is 3. The number of aromatic nitrogens is 4. The predicted octanol–water partition coefficient (Wildman–Crippen LogP) is 1.31. The molecule has 9 nitrogen and oxygen atoms in total. The summed E-state index contributed by atoms with van der Waals surface area (Å²) in [4.78, 5) is 23.6. The number of nitrogens with two attached hydrogens (primary N) is 1. The van der Waals surface area contributed by atoms with Gasteiger partial charge in [0.25, 0.3) is 0 Å². The van der Waals surface area contributed by atoms with Crippen molar-refractivity contribution in [2.75, 3.05) is 26.1 Å². The molecule has 0 radical (unpaired) electrons. The largest absolute Gasteiger partial charge is 0.493 e. The first kappa shape index (κ1) is 16.2. The highest BCUT2D eigenvalue weighted by Crippen LogP contribution is 2.29. The third-order valence-electron chi connectivity index (χ3n) is 4.23. The molecule has 0 aliphatic carbocycles. The average Bonchev–Trinajstić information content (AvgIpc) is 2.94. The molecule has 3 aromatic rings. The Balaban J connectivity index is 1.85. The van der Waals surface area contributed by atoms with E-state index in [1.807, 2.05) is 18.2 Å². The third kappa shape index (κ3) is 2.92. The molecule has 136 valence electrons. The molecule has 9 heteroatoms. The molecule has 1 aliphatic heterocycles. The van der Waals surface area contributed by atoms with Crippen LogP contribution < -0.4 is 25.6 Å². The average molecular weight is 357 g/mol. The Kier molecular flexibility index (Phi) is 4.11. The minimum absolute atomic E-state index is 0.163. The normalized spacial score (nSPS) is 14.5. The van der Waals surface area contributed by atoms with Gasteiger partial charge < -0.3 is 24.9 Å². The van der Waals surface area contributed by atoms with Crippen molar-refractivity contribution in [1.82, 2.24) is 19.5 Å². The fourth-order valence-electron chi connectivity index (χ4n) is 2.91. The molecule has 26 heavy (non-hydrogen) atoms. The number of nitrogens with one attached hydrogen (secondary N) is 1. The lowest BCUT2D eigenvalue weighted by Gasteiger charge is -2.14. The highest BCUT2D eigenvalue weighted by molar-refractivity contribution is 5.81. The molecular weight excluding hydrogens is 338 g/mol. The summed E-state index contributed by atoms with van der Waals surface area (Å²) in [5, 5.41) is 0. The molecule has 0 saturated carbocycles. The van der Waals surface area contributed by atoms with Crippen LogP contribution >= 0.6 is 0 Å². The number of fused-ring (bicyclic) bond motifs is 3. The van der Waals surface area contributed by atoms with E-state index in [1.54, 1.807) is 7.11 Å². The first-order valence-electron chi connectivity index (χ1n) is 8.34. The number of methoxy groups -OCH3 is 1. The second-order valence-corrected chi connectivity index (χ2v) is 6.00. The number of anilines is 1. The van der Waals surface area contributed by atoms with E-state index in [0.29, 0.717) is 42.4 Å². The van der Waals surface area contributed by atoms with E-state index < -0.39 is 0 Å². The summed E-state index contributed by atoms with van der Waals surface area (Å²) in [5.41, 5.74) is 7.33. The van der Waals surface area contributed by atoms with Crippen molar-refractivity contribution in [3.8, 4) is 17.5 Å². The van der Waals surface area contributed by atoms with Crippen LogP contribution in [0.3, 0.4) is 0 Å². The monoisotopic (exact) mass is 357 g/mol. The number of rotatable bonds is 1. The van der Waals surface area contributed by atoms with Crippen LogP contribution in [0, 0.1) is 0 Å². The van der Waals surface area contributed by atoms with Crippen LogP contribution in [0.15, 0.2) is 23.0 Å². The Labute approximate surface area is 148 Å². The first-order valence-corrected chi connectivity index (χ1v) is 8.34. The van der Waals surface area contributed by atoms with Gasteiger partial charge in [-0.2, -0.15) is 9.97 Å². The SMILES string of the molecule is COc1ccc2cc1OCCCCOc1nc(N)c3[nH]c(=O)n(c3n1)C2. The number of hydrogen-bond acceptors (Lipinski definition) is 7. The Bertz CT molecular complexity index is 1010. The zero-order valence-electron chi connectivity index (χ0n) is 14.3. The number of H-pyrrole nitrogens is 1. The van der Waals surface area contributed by atoms with E-state index in [9.17, 15) is 4.79 Å². The number of aromatic amines is 1. The molecule has 0 spiro atoms. The molecule has 4 bridgehead atoms. The maximum atomic E-state index is 12.4. The topological polar surface area (TPSA) is 117 Å². The lowest BCUT2D eigenvalue weighted by molar-refractivity contribution is 0.249. The van der Waals surface area contributed by atoms with Gasteiger partial charge in [-0.15, -0.1) is 0 Å². The van der Waals surface area contributed by atoms with Crippen LogP contribution in [0.25, 0.3) is 11.2 Å². The van der Waals surface area contributed by atoms with Crippen molar-refractivity contribution < 1.29 is 14.2 Å². The van der Waals surface area contributed by atoms with Crippen LogP contribution in [0.1, 0.15) is 18.4 Å². The van der Waals surface area contributed by atoms with Gasteiger partial charge in [-0.1, -0.05) is 6.07 Å². The third-order valence-corrected chi connectivity index (χ3v) is 4.23. The van der Waals surface area contributed by atoms with E-state index in [1.165, 1.54) is 4.57 Å². The van der Waals surface area contributed by atoms with E-state index in [4.69, 9.17) is 19.9 Å². The standard InChI is InChI=1S/C17H19N5O4/c1-24-11-5-4-10-8-12(11)25-6-2-3-7-26-16-20-14(18)13-15(21-16)22(9-10)17(23)19-13/h4-5,8H,2-3,6-7,9H2,1H3,(H,19,23)(H2,18,20,21). The van der Waals surface area contributed by atoms with Crippen molar-refractivity contribution in [2.45, 2.75) is 19.4 Å². The van der Waals surface area contributed by atoms with E-state index in [0.717, 1.165) is 18.4 Å². The van der Waals surface area contributed by atoms with Gasteiger partial charge in [0.2, 0.25) is 0 Å². The number of ether oxygens (including phenoxy) is 3. The van der Waals surface area contributed by atoms with Gasteiger partial charge in [-0.05, 0) is 30.5 Å². The molecule has 4 rings (SSSR count). The van der Waals surface area contributed by atoms with Crippen molar-refractivity contribution in [3.05, 3.63) is 34.2 Å². The number of nitrogen functional groups attached to an aromatic ring is 1. The summed E-state index contributed by atoms with van der Waals surface area (Å²) >= 11 is 0. The minimum Gasteiger partial charge on any atom is -0.493 e. The van der Waals surface area contributed by atoms with Gasteiger partial charge in [-0.25, -0.2) is 4.79 Å². The van der Waals surface area contributed by atoms with Crippen molar-refractivity contribution in [1.29, 1.82) is 0 Å². The molecule has 0 atom stereocenters. The minimum atomic E-state index is -0.316. The van der Waals surface area contributed by atoms with Crippen molar-refractivity contribution in [2.24, 2.45) is 0 Å². The van der Waals surface area contributed by atoms with Crippen molar-refractivity contribution in [3.63, 3.8) is 0 Å². The highest BCUT2D eigenvalue weighted by Gasteiger charge is 2.16. The molecule has 3 heterocycles. The van der Waals surface area contributed by atoms with E-state index in [-0.39, 0.29) is 17.5 Å². The smallest absolute Gasteiger partial charge is 0.328 e. The Morgan fingerprint density at radius 1 is 1.23 bits per heavy atom. The maximum Gasteiger partial charge on any atom is 0.328 e. The Morgan fingerprint density at radius 2 is 2.04 bits per heavy atom. The predicted molar refractivity (Wildman–Crippen MR) is 94.9 cm³/mol. The lowest BCUT2D eigenvalue weighted by Crippen LogP contribution is -2.18. The number of imidazole rings is 1. The summed E-state index contributed by atoms with van der Waals surface area (Å²) < 4.78 is 18.3. The van der Waals surface area contributed by atoms with Crippen LogP contribution in [-0.2, 0) is 6.54 Å². The zero-order valence-corrected chi connectivity index (χ0v) is 14.3. The molecule has 0 amide bonds. The molecule has 1 aliphatic rings. The van der Waals surface area contributed by atoms with Crippen LogP contribution in [0.4, 0.5) is 5.82 Å². The molecule has 0 fully saturated rings. The van der Waals surface area contributed by atoms with Crippen LogP contribution in [0.2, 0.25) is 0 Å². The summed E-state index contributed by atoms with van der Waals surface area (Å²) in [7, 11) is 1.60. The second-order valence-electron chi connectivity index (χ2n) is 6.00. The maximum absolute atomic E-state index is 12.4.